The molecule has 2 aliphatic rings. The van der Waals surface area contributed by atoms with E-state index in [1.807, 2.05) is 11.0 Å². The Morgan fingerprint density at radius 3 is 2.76 bits per heavy atom. The third-order valence-corrected chi connectivity index (χ3v) is 9.65. The molecule has 0 spiro atoms. The van der Waals surface area contributed by atoms with Crippen LogP contribution in [0.4, 0.5) is 37.2 Å². The van der Waals surface area contributed by atoms with Gasteiger partial charge in [-0.1, -0.05) is 6.07 Å². The quantitative estimate of drug-likeness (QED) is 0.222. The molecule has 2 aliphatic heterocycles. The first-order valence-electron chi connectivity index (χ1n) is 14.1. The first-order valence-corrected chi connectivity index (χ1v) is 14.9. The van der Waals surface area contributed by atoms with Crippen LogP contribution in [-0.2, 0) is 10.9 Å². The van der Waals surface area contributed by atoms with E-state index in [1.165, 1.54) is 12.0 Å². The highest BCUT2D eigenvalue weighted by atomic mass is 32.1. The Bertz CT molecular complexity index is 1840. The van der Waals surface area contributed by atoms with Crippen molar-refractivity contribution in [3.05, 3.63) is 41.0 Å². The minimum Gasteiger partial charge on any atom is -0.461 e. The largest absolute Gasteiger partial charge is 0.461 e. The van der Waals surface area contributed by atoms with Crippen molar-refractivity contribution in [2.45, 2.75) is 37.1 Å². The first-order chi connectivity index (χ1) is 21.4. The lowest BCUT2D eigenvalue weighted by Crippen LogP contribution is -2.43. The summed E-state index contributed by atoms with van der Waals surface area (Å²) >= 11 is 0.685. The van der Waals surface area contributed by atoms with Gasteiger partial charge in [0.25, 0.3) is 0 Å². The van der Waals surface area contributed by atoms with E-state index in [-0.39, 0.29) is 76.2 Å². The number of thiophene rings is 1. The summed E-state index contributed by atoms with van der Waals surface area (Å²) in [5.41, 5.74) is 1.94. The van der Waals surface area contributed by atoms with Gasteiger partial charge in [-0.3, -0.25) is 4.90 Å². The molecule has 2 unspecified atom stereocenters. The van der Waals surface area contributed by atoms with E-state index in [1.54, 1.807) is 7.05 Å². The van der Waals surface area contributed by atoms with Crippen molar-refractivity contribution >= 4 is 43.1 Å². The second-order valence-electron chi connectivity index (χ2n) is 11.4. The number of aromatic nitrogens is 2. The predicted molar refractivity (Wildman–Crippen MR) is 158 cm³/mol. The van der Waals surface area contributed by atoms with Gasteiger partial charge in [0.05, 0.1) is 28.0 Å². The summed E-state index contributed by atoms with van der Waals surface area (Å²) in [7, 11) is 3.01. The number of rotatable bonds is 8. The highest BCUT2D eigenvalue weighted by Gasteiger charge is 2.49. The average Bonchev–Trinajstić information content (AvgIpc) is 3.64. The zero-order chi connectivity index (χ0) is 32.3. The van der Waals surface area contributed by atoms with Gasteiger partial charge in [0.1, 0.15) is 41.0 Å². The number of anilines is 2. The fourth-order valence-corrected chi connectivity index (χ4v) is 7.47. The fraction of sp³-hybridized carbons (Fsp3) is 0.433. The number of hydrogen-bond acceptors (Lipinski definition) is 9. The molecule has 0 aliphatic carbocycles. The second kappa shape index (κ2) is 11.5. The molecular weight excluding hydrogens is 622 g/mol. The van der Waals surface area contributed by atoms with Crippen molar-refractivity contribution in [3.63, 3.8) is 0 Å². The van der Waals surface area contributed by atoms with Gasteiger partial charge in [0, 0.05) is 50.0 Å². The molecule has 15 heteroatoms. The Morgan fingerprint density at radius 2 is 2.04 bits per heavy atom. The predicted octanol–water partition coefficient (Wildman–Crippen LogP) is 6.30. The van der Waals surface area contributed by atoms with Crippen LogP contribution >= 0.6 is 11.3 Å². The Kier molecular flexibility index (Phi) is 7.95. The lowest BCUT2D eigenvalue weighted by atomic mass is 9.92. The highest BCUT2D eigenvalue weighted by molar-refractivity contribution is 7.23. The van der Waals surface area contributed by atoms with Gasteiger partial charge >= 0.3 is 12.2 Å². The SMILES string of the molecule is COCCN(C)c1nc(OCC23CCCN2CC(F)C3)nc2c(F)c(-c3ccc(F)c4sc(N)c(C#N)c34)c(C(F)(F)F)cc12. The maximum atomic E-state index is 16.7. The van der Waals surface area contributed by atoms with Gasteiger partial charge in [-0.2, -0.15) is 28.4 Å². The molecule has 8 nitrogen and oxygen atoms in total. The zero-order valence-corrected chi connectivity index (χ0v) is 25.1. The van der Waals surface area contributed by atoms with Crippen LogP contribution in [0, 0.1) is 23.0 Å². The Balaban J connectivity index is 1.58. The summed E-state index contributed by atoms with van der Waals surface area (Å²) in [4.78, 5) is 12.1. The van der Waals surface area contributed by atoms with E-state index < -0.39 is 46.2 Å². The zero-order valence-electron chi connectivity index (χ0n) is 24.3. The molecule has 238 valence electrons. The van der Waals surface area contributed by atoms with Crippen molar-refractivity contribution in [3.8, 4) is 23.2 Å². The molecule has 2 aromatic heterocycles. The van der Waals surface area contributed by atoms with E-state index in [4.69, 9.17) is 15.2 Å². The number of nitriles is 1. The number of likely N-dealkylation sites (N-methyl/N-ethyl adjacent to an activating group) is 1. The van der Waals surface area contributed by atoms with E-state index in [0.29, 0.717) is 24.3 Å². The first kappa shape index (κ1) is 31.1. The molecule has 2 N–H and O–H groups in total. The summed E-state index contributed by atoms with van der Waals surface area (Å²) in [6.07, 6.45) is -4.32. The number of methoxy groups -OCH3 is 1. The van der Waals surface area contributed by atoms with Crippen molar-refractivity contribution in [1.82, 2.24) is 14.9 Å². The molecule has 2 atom stereocenters. The van der Waals surface area contributed by atoms with Gasteiger partial charge in [-0.25, -0.2) is 13.2 Å². The molecule has 0 bridgehead atoms. The number of nitrogens with two attached hydrogens (primary N) is 1. The Hall–Kier alpha value is -3.87. The minimum absolute atomic E-state index is 0.00750. The number of ether oxygens (including phenoxy) is 2. The Morgan fingerprint density at radius 1 is 1.27 bits per heavy atom. The number of alkyl halides is 4. The smallest absolute Gasteiger partial charge is 0.417 e. The molecule has 6 rings (SSSR count). The molecular formula is C30H28F6N6O2S. The van der Waals surface area contributed by atoms with Crippen molar-refractivity contribution in [2.24, 2.45) is 0 Å². The number of nitrogen functional groups attached to an aromatic ring is 1. The highest BCUT2D eigenvalue weighted by Crippen LogP contribution is 2.48. The molecule has 4 aromatic rings. The van der Waals surface area contributed by atoms with Crippen molar-refractivity contribution in [1.29, 1.82) is 5.26 Å². The normalized spacial score (nSPS) is 20.2. The maximum Gasteiger partial charge on any atom is 0.417 e. The average molecular weight is 651 g/mol. The lowest BCUT2D eigenvalue weighted by molar-refractivity contribution is -0.137. The molecule has 4 heterocycles. The van der Waals surface area contributed by atoms with Crippen LogP contribution in [0.5, 0.6) is 6.01 Å². The maximum absolute atomic E-state index is 16.7. The topological polar surface area (TPSA) is 101 Å². The van der Waals surface area contributed by atoms with Gasteiger partial charge in [-0.05, 0) is 37.1 Å². The molecule has 0 saturated carbocycles. The van der Waals surface area contributed by atoms with E-state index in [2.05, 4.69) is 9.97 Å². The van der Waals surface area contributed by atoms with Crippen molar-refractivity contribution < 1.29 is 35.8 Å². The van der Waals surface area contributed by atoms with E-state index >= 15 is 4.39 Å². The summed E-state index contributed by atoms with van der Waals surface area (Å²) in [6, 6.07) is 4.16. The van der Waals surface area contributed by atoms with Crippen LogP contribution in [0.2, 0.25) is 0 Å². The fourth-order valence-electron chi connectivity index (χ4n) is 6.52. The standard InChI is InChI=1S/C30H28F6N6O2S/c1-41(8-9-43-2)27-17-10-19(30(34,35)36)22(16-4-5-20(32)25-21(16)18(12-37)26(38)45-25)23(33)24(17)39-28(40-27)44-14-29-6-3-7-42(29)13-15(31)11-29/h4-5,10,15H,3,6-9,11,13-14,38H2,1-2H3. The van der Waals surface area contributed by atoms with Gasteiger partial charge in [0.15, 0.2) is 5.82 Å². The summed E-state index contributed by atoms with van der Waals surface area (Å²) in [6.45, 7) is 1.36. The summed E-state index contributed by atoms with van der Waals surface area (Å²) in [5.74, 6) is -2.22. The van der Waals surface area contributed by atoms with Crippen molar-refractivity contribution in [2.75, 3.05) is 57.6 Å². The lowest BCUT2D eigenvalue weighted by Gasteiger charge is -2.31. The molecule has 45 heavy (non-hydrogen) atoms. The number of hydrogen-bond donors (Lipinski definition) is 1. The van der Waals surface area contributed by atoms with Crippen LogP contribution in [0.1, 0.15) is 30.4 Å². The Labute approximate surface area is 258 Å². The van der Waals surface area contributed by atoms with Crippen LogP contribution in [0.25, 0.3) is 32.1 Å². The molecule has 2 aromatic carbocycles. The van der Waals surface area contributed by atoms with E-state index in [0.717, 1.165) is 24.6 Å². The third-order valence-electron chi connectivity index (χ3n) is 8.62. The molecule has 2 saturated heterocycles. The second-order valence-corrected chi connectivity index (χ2v) is 12.4. The molecule has 2 fully saturated rings. The van der Waals surface area contributed by atoms with Crippen LogP contribution in [0.3, 0.4) is 0 Å². The number of halogens is 6. The molecule has 0 radical (unpaired) electrons. The van der Waals surface area contributed by atoms with Gasteiger partial charge in [-0.15, -0.1) is 11.3 Å². The summed E-state index contributed by atoms with van der Waals surface area (Å²) < 4.78 is 101. The van der Waals surface area contributed by atoms with E-state index in [9.17, 15) is 27.2 Å². The third kappa shape index (κ3) is 5.28. The van der Waals surface area contributed by atoms with Crippen LogP contribution < -0.4 is 15.4 Å². The van der Waals surface area contributed by atoms with Crippen LogP contribution in [-0.4, -0.2) is 73.6 Å². The number of nitrogens with zero attached hydrogens (tertiary/aromatic N) is 5. The number of benzene rings is 2. The summed E-state index contributed by atoms with van der Waals surface area (Å²) in [5, 5.41) is 9.14. The molecule has 0 amide bonds. The van der Waals surface area contributed by atoms with Gasteiger partial charge in [0.2, 0.25) is 0 Å². The van der Waals surface area contributed by atoms with Crippen LogP contribution in [0.15, 0.2) is 18.2 Å². The monoisotopic (exact) mass is 650 g/mol. The number of fused-ring (bicyclic) bond motifs is 3. The minimum atomic E-state index is -5.08. The van der Waals surface area contributed by atoms with Gasteiger partial charge < -0.3 is 20.1 Å².